The number of aryl methyl sites for hydroxylation is 2. The number of aliphatic carboxylic acids is 1. The van der Waals surface area contributed by atoms with Gasteiger partial charge in [-0.3, -0.25) is 4.79 Å². The minimum Gasteiger partial charge on any atom is -0.480 e. The Balaban J connectivity index is 1.97. The number of carbonyl (C=O) groups excluding carboxylic acids is 1. The average molecular weight is 271 g/mol. The molecular formula is C16H17NO3. The molecule has 0 spiro atoms. The summed E-state index contributed by atoms with van der Waals surface area (Å²) in [4.78, 5) is 22.8. The van der Waals surface area contributed by atoms with E-state index in [-0.39, 0.29) is 18.7 Å². The van der Waals surface area contributed by atoms with Gasteiger partial charge in [-0.05, 0) is 36.0 Å². The molecule has 1 atom stereocenters. The molecule has 104 valence electrons. The third-order valence-corrected chi connectivity index (χ3v) is 3.48. The Labute approximate surface area is 118 Å². The molecule has 0 heterocycles. The fourth-order valence-corrected chi connectivity index (χ4v) is 2.48. The molecule has 1 aliphatic rings. The molecular weight excluding hydrogens is 254 g/mol. The first kappa shape index (κ1) is 14.1. The van der Waals surface area contributed by atoms with E-state index in [1.54, 1.807) is 0 Å². The van der Waals surface area contributed by atoms with Crippen LogP contribution >= 0.6 is 0 Å². The molecule has 0 aliphatic heterocycles. The van der Waals surface area contributed by atoms with Crippen molar-refractivity contribution in [2.45, 2.75) is 38.1 Å². The molecule has 4 nitrogen and oxygen atoms in total. The van der Waals surface area contributed by atoms with Crippen LogP contribution in [0.3, 0.4) is 0 Å². The number of hydrogen-bond donors (Lipinski definition) is 2. The van der Waals surface area contributed by atoms with Crippen molar-refractivity contribution < 1.29 is 14.7 Å². The highest BCUT2D eigenvalue weighted by atomic mass is 16.4. The van der Waals surface area contributed by atoms with E-state index in [0.717, 1.165) is 24.8 Å². The first-order valence-electron chi connectivity index (χ1n) is 6.66. The summed E-state index contributed by atoms with van der Waals surface area (Å²) in [5.41, 5.74) is 3.56. The molecule has 1 unspecified atom stereocenters. The molecule has 0 radical (unpaired) electrons. The number of nitrogens with one attached hydrogen (secondary N) is 1. The van der Waals surface area contributed by atoms with E-state index in [2.05, 4.69) is 17.3 Å². The van der Waals surface area contributed by atoms with E-state index in [4.69, 9.17) is 11.5 Å². The van der Waals surface area contributed by atoms with Crippen molar-refractivity contribution in [3.63, 3.8) is 0 Å². The van der Waals surface area contributed by atoms with Crippen LogP contribution in [0.5, 0.6) is 0 Å². The van der Waals surface area contributed by atoms with Crippen molar-refractivity contribution in [3.05, 3.63) is 34.9 Å². The summed E-state index contributed by atoms with van der Waals surface area (Å²) in [6.45, 7) is 0. The van der Waals surface area contributed by atoms with Crippen molar-refractivity contribution in [1.82, 2.24) is 5.32 Å². The number of carboxylic acids is 1. The molecule has 0 saturated heterocycles. The Hall–Kier alpha value is -2.28. The van der Waals surface area contributed by atoms with E-state index in [1.165, 1.54) is 11.1 Å². The summed E-state index contributed by atoms with van der Waals surface area (Å²) in [5, 5.41) is 11.4. The van der Waals surface area contributed by atoms with Gasteiger partial charge in [-0.2, -0.15) is 0 Å². The highest BCUT2D eigenvalue weighted by Crippen LogP contribution is 2.22. The van der Waals surface area contributed by atoms with Gasteiger partial charge in [0.15, 0.2) is 0 Å². The van der Waals surface area contributed by atoms with Crippen LogP contribution in [-0.4, -0.2) is 23.0 Å². The first-order chi connectivity index (χ1) is 9.60. The Morgan fingerprint density at radius 3 is 2.80 bits per heavy atom. The zero-order valence-electron chi connectivity index (χ0n) is 11.2. The second kappa shape index (κ2) is 6.25. The Morgan fingerprint density at radius 2 is 2.10 bits per heavy atom. The van der Waals surface area contributed by atoms with Crippen molar-refractivity contribution in [2.24, 2.45) is 0 Å². The molecule has 20 heavy (non-hydrogen) atoms. The lowest BCUT2D eigenvalue weighted by Crippen LogP contribution is -2.41. The Bertz CT molecular complexity index is 572. The summed E-state index contributed by atoms with van der Waals surface area (Å²) in [6.07, 6.45) is 8.58. The molecule has 1 aromatic rings. The smallest absolute Gasteiger partial charge is 0.327 e. The number of carboxylic acid groups (broad SMARTS) is 1. The van der Waals surface area contributed by atoms with Gasteiger partial charge in [0.1, 0.15) is 6.04 Å². The minimum atomic E-state index is -1.11. The van der Waals surface area contributed by atoms with Gasteiger partial charge < -0.3 is 10.4 Å². The molecule has 1 aromatic carbocycles. The molecule has 2 rings (SSSR count). The highest BCUT2D eigenvalue weighted by molar-refractivity contribution is 5.85. The second-order valence-electron chi connectivity index (χ2n) is 5.00. The zero-order valence-corrected chi connectivity index (χ0v) is 11.2. The number of hydrogen-bond acceptors (Lipinski definition) is 2. The van der Waals surface area contributed by atoms with Gasteiger partial charge >= 0.3 is 5.97 Å². The van der Waals surface area contributed by atoms with Crippen molar-refractivity contribution in [2.75, 3.05) is 0 Å². The maximum Gasteiger partial charge on any atom is 0.327 e. The number of benzene rings is 1. The number of carbonyl (C=O) groups is 2. The van der Waals surface area contributed by atoms with Gasteiger partial charge in [0.2, 0.25) is 5.91 Å². The Morgan fingerprint density at radius 1 is 1.35 bits per heavy atom. The van der Waals surface area contributed by atoms with Gasteiger partial charge in [0.25, 0.3) is 0 Å². The van der Waals surface area contributed by atoms with Gasteiger partial charge in [0, 0.05) is 6.42 Å². The summed E-state index contributed by atoms with van der Waals surface area (Å²) >= 11 is 0. The summed E-state index contributed by atoms with van der Waals surface area (Å²) in [6, 6.07) is 5.02. The van der Waals surface area contributed by atoms with Crippen LogP contribution in [0.25, 0.3) is 0 Å². The maximum atomic E-state index is 11.9. The monoisotopic (exact) mass is 271 g/mol. The quantitative estimate of drug-likeness (QED) is 0.794. The van der Waals surface area contributed by atoms with Crippen LogP contribution in [0.15, 0.2) is 18.2 Å². The lowest BCUT2D eigenvalue weighted by atomic mass is 10.0. The predicted octanol–water partition coefficient (Wildman–Crippen LogP) is 1.31. The van der Waals surface area contributed by atoms with Crippen molar-refractivity contribution in [1.29, 1.82) is 0 Å². The molecule has 4 heteroatoms. The van der Waals surface area contributed by atoms with E-state index in [0.29, 0.717) is 0 Å². The van der Waals surface area contributed by atoms with E-state index in [9.17, 15) is 9.59 Å². The zero-order chi connectivity index (χ0) is 14.5. The van der Waals surface area contributed by atoms with Gasteiger partial charge in [-0.25, -0.2) is 4.79 Å². The predicted molar refractivity (Wildman–Crippen MR) is 75.2 cm³/mol. The molecule has 1 aliphatic carbocycles. The lowest BCUT2D eigenvalue weighted by Gasteiger charge is -2.12. The number of amides is 1. The van der Waals surface area contributed by atoms with Crippen LogP contribution in [0.2, 0.25) is 0 Å². The average Bonchev–Trinajstić information content (AvgIpc) is 2.85. The van der Waals surface area contributed by atoms with Gasteiger partial charge in [-0.15, -0.1) is 12.3 Å². The van der Waals surface area contributed by atoms with E-state index >= 15 is 0 Å². The standard InChI is InChI=1S/C16H17NO3/c1-2-4-14(16(19)20)17-15(18)10-11-7-8-12-5-3-6-13(12)9-11/h1,7-9,14H,3-6,10H2,(H,17,18)(H,19,20). The summed E-state index contributed by atoms with van der Waals surface area (Å²) in [7, 11) is 0. The van der Waals surface area contributed by atoms with Crippen molar-refractivity contribution >= 4 is 11.9 Å². The third-order valence-electron chi connectivity index (χ3n) is 3.48. The highest BCUT2D eigenvalue weighted by Gasteiger charge is 2.19. The van der Waals surface area contributed by atoms with Crippen LogP contribution in [0.4, 0.5) is 0 Å². The maximum absolute atomic E-state index is 11.9. The number of fused-ring (bicyclic) bond motifs is 1. The lowest BCUT2D eigenvalue weighted by molar-refractivity contribution is -0.141. The third kappa shape index (κ3) is 3.39. The molecule has 2 N–H and O–H groups in total. The fourth-order valence-electron chi connectivity index (χ4n) is 2.48. The largest absolute Gasteiger partial charge is 0.480 e. The van der Waals surface area contributed by atoms with E-state index in [1.807, 2.05) is 12.1 Å². The Kier molecular flexibility index (Phi) is 4.41. The van der Waals surface area contributed by atoms with Crippen LogP contribution in [-0.2, 0) is 28.9 Å². The first-order valence-corrected chi connectivity index (χ1v) is 6.66. The molecule has 0 saturated carbocycles. The SMILES string of the molecule is C#CCC(NC(=O)Cc1ccc2c(c1)CCC2)C(=O)O. The number of terminal acetylenes is 1. The summed E-state index contributed by atoms with van der Waals surface area (Å²) in [5.74, 6) is 0.836. The number of rotatable bonds is 5. The van der Waals surface area contributed by atoms with Gasteiger partial charge in [-0.1, -0.05) is 18.2 Å². The van der Waals surface area contributed by atoms with Crippen molar-refractivity contribution in [3.8, 4) is 12.3 Å². The normalized spacial score (nSPS) is 14.2. The second-order valence-corrected chi connectivity index (χ2v) is 5.00. The van der Waals surface area contributed by atoms with Gasteiger partial charge in [0.05, 0.1) is 6.42 Å². The molecule has 1 amide bonds. The molecule has 0 fully saturated rings. The molecule has 0 aromatic heterocycles. The molecule has 0 bridgehead atoms. The summed E-state index contributed by atoms with van der Waals surface area (Å²) < 4.78 is 0. The topological polar surface area (TPSA) is 66.4 Å². The fraction of sp³-hybridized carbons (Fsp3) is 0.375. The van der Waals surface area contributed by atoms with Crippen LogP contribution in [0, 0.1) is 12.3 Å². The van der Waals surface area contributed by atoms with Crippen LogP contribution < -0.4 is 5.32 Å². The van der Waals surface area contributed by atoms with E-state index < -0.39 is 12.0 Å². The van der Waals surface area contributed by atoms with Crippen LogP contribution in [0.1, 0.15) is 29.5 Å². The minimum absolute atomic E-state index is 0.00867.